The van der Waals surface area contributed by atoms with E-state index in [1.807, 2.05) is 19.1 Å². The van der Waals surface area contributed by atoms with Gasteiger partial charge in [-0.25, -0.2) is 4.98 Å². The van der Waals surface area contributed by atoms with Crippen LogP contribution < -0.4 is 4.90 Å². The van der Waals surface area contributed by atoms with Crippen molar-refractivity contribution in [1.82, 2.24) is 4.98 Å². The van der Waals surface area contributed by atoms with E-state index in [0.29, 0.717) is 12.5 Å². The molecule has 1 N–H and O–H groups in total. The Bertz CT molecular complexity index is 418. The number of aliphatic carboxylic acids is 1. The molecule has 19 heavy (non-hydrogen) atoms. The second kappa shape index (κ2) is 7.12. The SMILES string of the molecule is Cc1cccnc1N(CCC(C)C)CC(C)C(=O)O. The van der Waals surface area contributed by atoms with Crippen LogP contribution in [0.25, 0.3) is 0 Å². The molecule has 1 heterocycles. The summed E-state index contributed by atoms with van der Waals surface area (Å²) in [5.41, 5.74) is 1.09. The summed E-state index contributed by atoms with van der Waals surface area (Å²) in [5.74, 6) is 0.333. The van der Waals surface area contributed by atoms with Crippen LogP contribution in [0.2, 0.25) is 0 Å². The summed E-state index contributed by atoms with van der Waals surface area (Å²) in [6.07, 6.45) is 2.79. The summed E-state index contributed by atoms with van der Waals surface area (Å²) in [7, 11) is 0. The highest BCUT2D eigenvalue weighted by molar-refractivity contribution is 5.70. The molecular formula is C15H24N2O2. The van der Waals surface area contributed by atoms with Crippen LogP contribution in [-0.4, -0.2) is 29.1 Å². The van der Waals surface area contributed by atoms with Crippen LogP contribution in [0.1, 0.15) is 32.8 Å². The van der Waals surface area contributed by atoms with Crippen molar-refractivity contribution in [1.29, 1.82) is 0 Å². The molecule has 1 atom stereocenters. The Balaban J connectivity index is 2.85. The largest absolute Gasteiger partial charge is 0.481 e. The fourth-order valence-corrected chi connectivity index (χ4v) is 1.91. The lowest BCUT2D eigenvalue weighted by molar-refractivity contribution is -0.140. The van der Waals surface area contributed by atoms with E-state index in [0.717, 1.165) is 24.3 Å². The van der Waals surface area contributed by atoms with Gasteiger partial charge in [0.2, 0.25) is 0 Å². The summed E-state index contributed by atoms with van der Waals surface area (Å²) in [5, 5.41) is 9.08. The summed E-state index contributed by atoms with van der Waals surface area (Å²) in [4.78, 5) is 17.5. The second-order valence-corrected chi connectivity index (χ2v) is 5.51. The molecule has 0 spiro atoms. The molecular weight excluding hydrogens is 240 g/mol. The average molecular weight is 264 g/mol. The van der Waals surface area contributed by atoms with Gasteiger partial charge in [-0.1, -0.05) is 26.8 Å². The number of aryl methyl sites for hydroxylation is 1. The van der Waals surface area contributed by atoms with Crippen molar-refractivity contribution in [2.24, 2.45) is 11.8 Å². The zero-order chi connectivity index (χ0) is 14.4. The van der Waals surface area contributed by atoms with Crippen molar-refractivity contribution in [2.75, 3.05) is 18.0 Å². The molecule has 1 unspecified atom stereocenters. The van der Waals surface area contributed by atoms with Crippen molar-refractivity contribution in [3.8, 4) is 0 Å². The van der Waals surface area contributed by atoms with Gasteiger partial charge < -0.3 is 10.0 Å². The molecule has 0 saturated carbocycles. The molecule has 1 aromatic rings. The van der Waals surface area contributed by atoms with E-state index in [2.05, 4.69) is 23.7 Å². The molecule has 0 aliphatic carbocycles. The predicted octanol–water partition coefficient (Wildman–Crippen LogP) is 2.96. The number of pyridine rings is 1. The van der Waals surface area contributed by atoms with Crippen LogP contribution in [0.15, 0.2) is 18.3 Å². The molecule has 106 valence electrons. The van der Waals surface area contributed by atoms with Crippen LogP contribution >= 0.6 is 0 Å². The first-order valence-corrected chi connectivity index (χ1v) is 6.81. The first kappa shape index (κ1) is 15.5. The highest BCUT2D eigenvalue weighted by atomic mass is 16.4. The Kier molecular flexibility index (Phi) is 5.80. The number of hydrogen-bond acceptors (Lipinski definition) is 3. The van der Waals surface area contributed by atoms with Gasteiger partial charge in [-0.3, -0.25) is 4.79 Å². The number of rotatable bonds is 7. The lowest BCUT2D eigenvalue weighted by Gasteiger charge is -2.27. The third-order valence-corrected chi connectivity index (χ3v) is 3.17. The minimum Gasteiger partial charge on any atom is -0.481 e. The standard InChI is InChI=1S/C15H24N2O2/c1-11(2)7-9-17(10-13(4)15(18)19)14-12(3)6-5-8-16-14/h5-6,8,11,13H,7,9-10H2,1-4H3,(H,18,19). The first-order valence-electron chi connectivity index (χ1n) is 6.81. The van der Waals surface area contributed by atoms with Crippen LogP contribution in [-0.2, 0) is 4.79 Å². The molecule has 0 aliphatic rings. The highest BCUT2D eigenvalue weighted by Crippen LogP contribution is 2.19. The number of hydrogen-bond donors (Lipinski definition) is 1. The van der Waals surface area contributed by atoms with E-state index < -0.39 is 11.9 Å². The van der Waals surface area contributed by atoms with Crippen LogP contribution in [0, 0.1) is 18.8 Å². The van der Waals surface area contributed by atoms with Gasteiger partial charge in [-0.15, -0.1) is 0 Å². The van der Waals surface area contributed by atoms with Crippen molar-refractivity contribution < 1.29 is 9.90 Å². The lowest BCUT2D eigenvalue weighted by atomic mass is 10.1. The molecule has 0 aromatic carbocycles. The average Bonchev–Trinajstić information content (AvgIpc) is 2.34. The third-order valence-electron chi connectivity index (χ3n) is 3.17. The molecule has 1 aromatic heterocycles. The minimum atomic E-state index is -0.761. The fraction of sp³-hybridized carbons (Fsp3) is 0.600. The van der Waals surface area contributed by atoms with Crippen LogP contribution in [0.3, 0.4) is 0 Å². The Morgan fingerprint density at radius 1 is 1.42 bits per heavy atom. The Morgan fingerprint density at radius 2 is 2.11 bits per heavy atom. The second-order valence-electron chi connectivity index (χ2n) is 5.51. The van der Waals surface area contributed by atoms with E-state index in [1.54, 1.807) is 13.1 Å². The number of aromatic nitrogens is 1. The Morgan fingerprint density at radius 3 is 2.63 bits per heavy atom. The van der Waals surface area contributed by atoms with Crippen molar-refractivity contribution in [3.63, 3.8) is 0 Å². The maximum absolute atomic E-state index is 11.0. The molecule has 4 heteroatoms. The monoisotopic (exact) mass is 264 g/mol. The molecule has 0 amide bonds. The van der Waals surface area contributed by atoms with E-state index >= 15 is 0 Å². The smallest absolute Gasteiger partial charge is 0.308 e. The Labute approximate surface area is 115 Å². The molecule has 0 fully saturated rings. The van der Waals surface area contributed by atoms with Crippen molar-refractivity contribution >= 4 is 11.8 Å². The molecule has 0 radical (unpaired) electrons. The third kappa shape index (κ3) is 4.89. The maximum Gasteiger partial charge on any atom is 0.308 e. The molecule has 1 rings (SSSR count). The van der Waals surface area contributed by atoms with Crippen LogP contribution in [0.5, 0.6) is 0 Å². The first-order chi connectivity index (χ1) is 8.91. The topological polar surface area (TPSA) is 53.4 Å². The summed E-state index contributed by atoms with van der Waals surface area (Å²) >= 11 is 0. The maximum atomic E-state index is 11.0. The fourth-order valence-electron chi connectivity index (χ4n) is 1.91. The number of carbonyl (C=O) groups is 1. The molecule has 0 bridgehead atoms. The van der Waals surface area contributed by atoms with E-state index in [-0.39, 0.29) is 0 Å². The van der Waals surface area contributed by atoms with Gasteiger partial charge in [0.1, 0.15) is 5.82 Å². The minimum absolute atomic E-state index is 0.395. The number of nitrogens with zero attached hydrogens (tertiary/aromatic N) is 2. The quantitative estimate of drug-likeness (QED) is 0.822. The van der Waals surface area contributed by atoms with Crippen molar-refractivity contribution in [2.45, 2.75) is 34.1 Å². The van der Waals surface area contributed by atoms with Gasteiger partial charge in [0.05, 0.1) is 5.92 Å². The van der Waals surface area contributed by atoms with E-state index in [4.69, 9.17) is 5.11 Å². The molecule has 0 aliphatic heterocycles. The number of anilines is 1. The summed E-state index contributed by atoms with van der Waals surface area (Å²) < 4.78 is 0. The Hall–Kier alpha value is -1.58. The predicted molar refractivity (Wildman–Crippen MR) is 77.4 cm³/mol. The van der Waals surface area contributed by atoms with Gasteiger partial charge in [0.15, 0.2) is 0 Å². The zero-order valence-corrected chi connectivity index (χ0v) is 12.3. The molecule has 4 nitrogen and oxygen atoms in total. The summed E-state index contributed by atoms with van der Waals surface area (Å²) in [6.45, 7) is 9.43. The van der Waals surface area contributed by atoms with Gasteiger partial charge in [0.25, 0.3) is 0 Å². The summed E-state index contributed by atoms with van der Waals surface area (Å²) in [6, 6.07) is 3.91. The van der Waals surface area contributed by atoms with E-state index in [1.165, 1.54) is 0 Å². The van der Waals surface area contributed by atoms with Crippen LogP contribution in [0.4, 0.5) is 5.82 Å². The lowest BCUT2D eigenvalue weighted by Crippen LogP contribution is -2.34. The van der Waals surface area contributed by atoms with Crippen molar-refractivity contribution in [3.05, 3.63) is 23.9 Å². The number of carboxylic acids is 1. The molecule has 0 saturated heterocycles. The van der Waals surface area contributed by atoms with E-state index in [9.17, 15) is 4.79 Å². The van der Waals surface area contributed by atoms with Gasteiger partial charge in [0, 0.05) is 19.3 Å². The van der Waals surface area contributed by atoms with Gasteiger partial charge in [-0.2, -0.15) is 0 Å². The number of carboxylic acid groups (broad SMARTS) is 1. The normalized spacial score (nSPS) is 12.5. The zero-order valence-electron chi connectivity index (χ0n) is 12.3. The van der Waals surface area contributed by atoms with Gasteiger partial charge in [-0.05, 0) is 30.9 Å². The van der Waals surface area contributed by atoms with Gasteiger partial charge >= 0.3 is 5.97 Å². The highest BCUT2D eigenvalue weighted by Gasteiger charge is 2.18.